The number of carbonyl (C=O) groups is 4. The van der Waals surface area contributed by atoms with Crippen molar-refractivity contribution in [3.63, 3.8) is 0 Å². The minimum Gasteiger partial charge on any atom is -0.485 e. The van der Waals surface area contributed by atoms with Gasteiger partial charge in [-0.25, -0.2) is 0 Å². The van der Waals surface area contributed by atoms with Gasteiger partial charge in [-0.2, -0.15) is 0 Å². The number of aromatic amines is 1. The number of benzene rings is 2. The van der Waals surface area contributed by atoms with Gasteiger partial charge in [-0.3, -0.25) is 24.1 Å². The first kappa shape index (κ1) is 37.4. The first-order valence-electron chi connectivity index (χ1n) is 17.0. The lowest BCUT2D eigenvalue weighted by atomic mass is 9.93. The molecule has 1 aromatic heterocycles. The maximum atomic E-state index is 14.3. The predicted octanol–water partition coefficient (Wildman–Crippen LogP) is 2.82. The van der Waals surface area contributed by atoms with Crippen LogP contribution < -0.4 is 26.0 Å². The quantitative estimate of drug-likeness (QED) is 0.192. The van der Waals surface area contributed by atoms with Crippen LogP contribution in [-0.4, -0.2) is 89.0 Å². The Labute approximate surface area is 288 Å². The van der Waals surface area contributed by atoms with Gasteiger partial charge in [0.2, 0.25) is 23.6 Å². The molecule has 2 aromatic carbocycles. The lowest BCUT2D eigenvalue weighted by Gasteiger charge is -2.37. The molecule has 0 radical (unpaired) electrons. The molecule has 6 atom stereocenters. The third kappa shape index (κ3) is 8.98. The Morgan fingerprint density at radius 2 is 1.69 bits per heavy atom. The smallest absolute Gasteiger partial charge is 0.247 e. The number of hydrogen-bond acceptors (Lipinski definition) is 7. The summed E-state index contributed by atoms with van der Waals surface area (Å²) in [5.74, 6) is -1.84. The van der Waals surface area contributed by atoms with Crippen molar-refractivity contribution in [2.24, 2.45) is 11.8 Å². The highest BCUT2D eigenvalue weighted by atomic mass is 16.5. The number of ether oxygens (including phenoxy) is 1. The molecule has 2 aliphatic heterocycles. The molecule has 2 aliphatic rings. The van der Waals surface area contributed by atoms with Crippen molar-refractivity contribution >= 4 is 34.5 Å². The Morgan fingerprint density at radius 1 is 1.02 bits per heavy atom. The van der Waals surface area contributed by atoms with Crippen LogP contribution in [0.15, 0.2) is 54.7 Å². The monoisotopic (exact) mass is 676 g/mol. The van der Waals surface area contributed by atoms with Crippen molar-refractivity contribution in [2.45, 2.75) is 90.3 Å². The third-order valence-corrected chi connectivity index (χ3v) is 9.35. The summed E-state index contributed by atoms with van der Waals surface area (Å²) >= 11 is 0. The molecule has 2 unspecified atom stereocenters. The van der Waals surface area contributed by atoms with Gasteiger partial charge in [-0.15, -0.1) is 0 Å². The summed E-state index contributed by atoms with van der Waals surface area (Å²) in [5, 5.41) is 23.2. The van der Waals surface area contributed by atoms with E-state index in [-0.39, 0.29) is 30.7 Å². The molecule has 0 saturated heterocycles. The zero-order valence-electron chi connectivity index (χ0n) is 29.8. The van der Waals surface area contributed by atoms with Crippen molar-refractivity contribution in [3.05, 3.63) is 65.9 Å². The summed E-state index contributed by atoms with van der Waals surface area (Å²) in [4.78, 5) is 60.6. The van der Waals surface area contributed by atoms with Gasteiger partial charge < -0.3 is 36.1 Å². The molecule has 12 nitrogen and oxygen atoms in total. The molecule has 49 heavy (non-hydrogen) atoms. The van der Waals surface area contributed by atoms with Crippen LogP contribution in [0.5, 0.6) is 5.75 Å². The number of carbonyl (C=O) groups excluding carboxylic acids is 4. The van der Waals surface area contributed by atoms with Crippen LogP contribution in [0.25, 0.3) is 10.9 Å². The second-order valence-corrected chi connectivity index (χ2v) is 14.1. The number of nitrogens with zero attached hydrogens (tertiary/aromatic N) is 1. The Bertz CT molecular complexity index is 1620. The molecular formula is C37H52N6O6. The zero-order valence-corrected chi connectivity index (χ0v) is 29.8. The number of nitrogens with one attached hydrogen (secondary N) is 5. The van der Waals surface area contributed by atoms with E-state index in [1.54, 1.807) is 44.3 Å². The van der Waals surface area contributed by atoms with Crippen LogP contribution in [-0.2, 0) is 25.6 Å². The molecule has 0 saturated carbocycles. The number of likely N-dealkylation sites (N-methyl/N-ethyl adjacent to an activating group) is 1. The van der Waals surface area contributed by atoms with E-state index in [0.29, 0.717) is 11.3 Å². The van der Waals surface area contributed by atoms with Crippen molar-refractivity contribution < 1.29 is 29.0 Å². The molecule has 2 bridgehead atoms. The summed E-state index contributed by atoms with van der Waals surface area (Å²) in [6.45, 7) is 10.9. The highest BCUT2D eigenvalue weighted by Gasteiger charge is 2.42. The van der Waals surface area contributed by atoms with Crippen molar-refractivity contribution in [2.75, 3.05) is 20.6 Å². The van der Waals surface area contributed by atoms with Gasteiger partial charge in [-0.1, -0.05) is 64.4 Å². The SMILES string of the molecule is CCC(C)[C@@H](C(=O)N[C@H](C(=O)N[C@@H]1C(=O)N[C@@H](Cc2c[nH]c3ccccc23)C(=O)NCC(O)c2ccc(cc2)OC1(C)C)C(C)C)N(C)C. The van der Waals surface area contributed by atoms with Gasteiger partial charge in [0, 0.05) is 30.1 Å². The van der Waals surface area contributed by atoms with Gasteiger partial charge >= 0.3 is 0 Å². The second-order valence-electron chi connectivity index (χ2n) is 14.1. The van der Waals surface area contributed by atoms with E-state index in [2.05, 4.69) is 26.3 Å². The molecule has 0 fully saturated rings. The molecular weight excluding hydrogens is 624 g/mol. The Morgan fingerprint density at radius 3 is 2.33 bits per heavy atom. The fraction of sp³-hybridized carbons (Fsp3) is 0.514. The van der Waals surface area contributed by atoms with Crippen LogP contribution in [0.3, 0.4) is 0 Å². The Hall–Kier alpha value is -4.42. The van der Waals surface area contributed by atoms with Crippen LogP contribution in [0.1, 0.15) is 65.2 Å². The van der Waals surface area contributed by atoms with Crippen LogP contribution in [0, 0.1) is 11.8 Å². The second kappa shape index (κ2) is 15.9. The number of rotatable bonds is 10. The molecule has 0 aliphatic carbocycles. The summed E-state index contributed by atoms with van der Waals surface area (Å²) in [6, 6.07) is 10.6. The van der Waals surface area contributed by atoms with Crippen molar-refractivity contribution in [3.8, 4) is 5.75 Å². The number of para-hydroxylation sites is 1. The van der Waals surface area contributed by atoms with E-state index in [9.17, 15) is 24.3 Å². The highest BCUT2D eigenvalue weighted by molar-refractivity contribution is 5.96. The van der Waals surface area contributed by atoms with E-state index in [0.717, 1.165) is 22.9 Å². The molecule has 3 aromatic rings. The first-order valence-corrected chi connectivity index (χ1v) is 17.0. The molecule has 12 heteroatoms. The third-order valence-electron chi connectivity index (χ3n) is 9.35. The number of fused-ring (bicyclic) bond motifs is 12. The van der Waals surface area contributed by atoms with Gasteiger partial charge in [0.05, 0.1) is 12.1 Å². The highest BCUT2D eigenvalue weighted by Crippen LogP contribution is 2.26. The van der Waals surface area contributed by atoms with E-state index in [1.165, 1.54) is 0 Å². The number of hydrogen-bond donors (Lipinski definition) is 6. The fourth-order valence-electron chi connectivity index (χ4n) is 6.33. The molecule has 5 rings (SSSR count). The first-order chi connectivity index (χ1) is 23.1. The largest absolute Gasteiger partial charge is 0.485 e. The number of amides is 4. The van der Waals surface area contributed by atoms with E-state index in [4.69, 9.17) is 4.74 Å². The lowest BCUT2D eigenvalue weighted by molar-refractivity contribution is -0.139. The number of H-pyrrole nitrogens is 1. The van der Waals surface area contributed by atoms with Crippen LogP contribution in [0.2, 0.25) is 0 Å². The fourth-order valence-corrected chi connectivity index (χ4v) is 6.33. The van der Waals surface area contributed by atoms with Crippen LogP contribution in [0.4, 0.5) is 0 Å². The molecule has 4 amide bonds. The average Bonchev–Trinajstić information content (AvgIpc) is 3.46. The van der Waals surface area contributed by atoms with Gasteiger partial charge in [0.15, 0.2) is 0 Å². The van der Waals surface area contributed by atoms with Gasteiger partial charge in [-0.05, 0) is 69.1 Å². The summed E-state index contributed by atoms with van der Waals surface area (Å²) in [7, 11) is 3.66. The number of aliphatic hydroxyl groups is 1. The standard InChI is InChI=1S/C37H52N6O6/c1-9-22(4)31(43(7)8)35(47)41-30(21(2)3)34(46)42-32-36(48)40-28(18-24-19-38-27-13-11-10-12-26(24)27)33(45)39-20-29(44)23-14-16-25(17-15-23)49-37(32,5)6/h10-17,19,21-22,28-32,38,44H,9,18,20H2,1-8H3,(H,39,45)(H,40,48)(H,41,47)(H,42,46)/t22?,28-,29?,30-,31-,32+/m0/s1. The Kier molecular flexibility index (Phi) is 12.1. The van der Waals surface area contributed by atoms with Gasteiger partial charge in [0.25, 0.3) is 0 Å². The number of aromatic nitrogens is 1. The summed E-state index contributed by atoms with van der Waals surface area (Å²) in [5.41, 5.74) is 0.937. The average molecular weight is 677 g/mol. The summed E-state index contributed by atoms with van der Waals surface area (Å²) in [6.07, 6.45) is 1.73. The molecule has 0 spiro atoms. The van der Waals surface area contributed by atoms with Crippen molar-refractivity contribution in [1.29, 1.82) is 0 Å². The van der Waals surface area contributed by atoms with E-state index >= 15 is 0 Å². The maximum absolute atomic E-state index is 14.3. The summed E-state index contributed by atoms with van der Waals surface area (Å²) < 4.78 is 6.32. The molecule has 6 N–H and O–H groups in total. The molecule has 266 valence electrons. The maximum Gasteiger partial charge on any atom is 0.247 e. The number of aliphatic hydroxyl groups excluding tert-OH is 1. The van der Waals surface area contributed by atoms with Gasteiger partial charge in [0.1, 0.15) is 29.5 Å². The molecule has 3 heterocycles. The minimum absolute atomic E-state index is 0.0382. The lowest BCUT2D eigenvalue weighted by Crippen LogP contribution is -2.65. The predicted molar refractivity (Wildman–Crippen MR) is 189 cm³/mol. The zero-order chi connectivity index (χ0) is 36.0. The minimum atomic E-state index is -1.33. The van der Waals surface area contributed by atoms with E-state index in [1.807, 2.05) is 71.0 Å². The van der Waals surface area contributed by atoms with Crippen molar-refractivity contribution in [1.82, 2.24) is 31.2 Å². The Balaban J connectivity index is 1.69. The topological polar surface area (TPSA) is 165 Å². The van der Waals surface area contributed by atoms with E-state index < -0.39 is 53.6 Å². The normalized spacial score (nSPS) is 21.7. The van der Waals surface area contributed by atoms with Crippen LogP contribution >= 0.6 is 0 Å².